The summed E-state index contributed by atoms with van der Waals surface area (Å²) in [6.45, 7) is 0. The van der Waals surface area contributed by atoms with Crippen LogP contribution in [0.2, 0.25) is 0 Å². The van der Waals surface area contributed by atoms with Gasteiger partial charge < -0.3 is 11.1 Å². The van der Waals surface area contributed by atoms with Crippen LogP contribution in [0, 0.1) is 5.82 Å². The Hall–Kier alpha value is -1.14. The first-order valence-electron chi connectivity index (χ1n) is 4.92. The molecule has 0 spiro atoms. The molecule has 1 amide bonds. The molecule has 17 heavy (non-hydrogen) atoms. The maximum atomic E-state index is 13.6. The van der Waals surface area contributed by atoms with E-state index in [9.17, 15) is 9.18 Å². The summed E-state index contributed by atoms with van der Waals surface area (Å²) < 4.78 is 13.6. The highest BCUT2D eigenvalue weighted by Crippen LogP contribution is 2.16. The van der Waals surface area contributed by atoms with Crippen LogP contribution in [-0.2, 0) is 4.79 Å². The lowest BCUT2D eigenvalue weighted by Gasteiger charge is -2.07. The molecule has 0 aliphatic carbocycles. The fourth-order valence-corrected chi connectivity index (χ4v) is 1.69. The maximum Gasteiger partial charge on any atom is 0.225 e. The summed E-state index contributed by atoms with van der Waals surface area (Å²) in [4.78, 5) is 11.5. The second-order valence-corrected chi connectivity index (χ2v) is 4.78. The number of thioether (sulfide) groups is 1. The Morgan fingerprint density at radius 3 is 2.82 bits per heavy atom. The number of nitrogens with two attached hydrogens (primary N) is 1. The van der Waals surface area contributed by atoms with Gasteiger partial charge in [-0.15, -0.1) is 0 Å². The summed E-state index contributed by atoms with van der Waals surface area (Å²) in [6, 6.07) is 4.25. The van der Waals surface area contributed by atoms with Crippen molar-refractivity contribution in [2.24, 2.45) is 5.73 Å². The van der Waals surface area contributed by atoms with Gasteiger partial charge in [-0.05, 0) is 24.5 Å². The van der Waals surface area contributed by atoms with Crippen molar-refractivity contribution in [3.8, 4) is 0 Å². The van der Waals surface area contributed by atoms with Gasteiger partial charge in [0.05, 0.1) is 5.69 Å². The summed E-state index contributed by atoms with van der Waals surface area (Å²) in [7, 11) is 0. The minimum Gasteiger partial charge on any atom is -0.389 e. The van der Waals surface area contributed by atoms with Crippen molar-refractivity contribution in [2.45, 2.75) is 6.42 Å². The molecule has 0 unspecified atom stereocenters. The number of nitrogens with one attached hydrogen (secondary N) is 1. The molecule has 3 N–H and O–H groups in total. The number of benzene rings is 1. The van der Waals surface area contributed by atoms with E-state index in [2.05, 4.69) is 5.32 Å². The topological polar surface area (TPSA) is 55.1 Å². The second kappa shape index (κ2) is 6.56. The molecule has 1 rings (SSSR count). The number of halogens is 1. The normalized spacial score (nSPS) is 10.0. The molecule has 0 radical (unpaired) electrons. The fourth-order valence-electron chi connectivity index (χ4n) is 1.18. The molecule has 0 atom stereocenters. The molecule has 0 aromatic heterocycles. The number of amides is 1. The minimum atomic E-state index is -0.534. The molecule has 0 aliphatic rings. The van der Waals surface area contributed by atoms with E-state index in [-0.39, 0.29) is 16.6 Å². The van der Waals surface area contributed by atoms with E-state index >= 15 is 0 Å². The fraction of sp³-hybridized carbons (Fsp3) is 0.273. The third-order valence-electron chi connectivity index (χ3n) is 2.06. The Bertz CT molecular complexity index is 437. The smallest absolute Gasteiger partial charge is 0.225 e. The van der Waals surface area contributed by atoms with Gasteiger partial charge in [0.1, 0.15) is 10.8 Å². The third-order valence-corrected chi connectivity index (χ3v) is 2.91. The first kappa shape index (κ1) is 13.9. The Kier molecular flexibility index (Phi) is 5.37. The van der Waals surface area contributed by atoms with Gasteiger partial charge in [-0.1, -0.05) is 12.2 Å². The van der Waals surface area contributed by atoms with Crippen LogP contribution in [0.4, 0.5) is 10.1 Å². The van der Waals surface area contributed by atoms with Gasteiger partial charge in [0.25, 0.3) is 0 Å². The van der Waals surface area contributed by atoms with Crippen molar-refractivity contribution in [1.82, 2.24) is 0 Å². The minimum absolute atomic E-state index is 0.129. The Labute approximate surface area is 109 Å². The number of carbonyl (C=O) groups is 1. The van der Waals surface area contributed by atoms with Crippen LogP contribution in [0.5, 0.6) is 0 Å². The van der Waals surface area contributed by atoms with Crippen LogP contribution in [0.3, 0.4) is 0 Å². The van der Waals surface area contributed by atoms with Crippen LogP contribution in [0.15, 0.2) is 18.2 Å². The lowest BCUT2D eigenvalue weighted by atomic mass is 10.2. The van der Waals surface area contributed by atoms with Gasteiger partial charge in [0.15, 0.2) is 0 Å². The van der Waals surface area contributed by atoms with Crippen LogP contribution in [-0.4, -0.2) is 22.9 Å². The summed E-state index contributed by atoms with van der Waals surface area (Å²) >= 11 is 6.29. The largest absolute Gasteiger partial charge is 0.389 e. The molecule has 0 aliphatic heterocycles. The van der Waals surface area contributed by atoms with E-state index in [1.165, 1.54) is 12.1 Å². The molecule has 1 aromatic carbocycles. The van der Waals surface area contributed by atoms with Crippen molar-refractivity contribution in [1.29, 1.82) is 0 Å². The van der Waals surface area contributed by atoms with E-state index in [4.69, 9.17) is 18.0 Å². The monoisotopic (exact) mass is 272 g/mol. The van der Waals surface area contributed by atoms with Gasteiger partial charge >= 0.3 is 0 Å². The predicted molar refractivity (Wildman–Crippen MR) is 73.9 cm³/mol. The van der Waals surface area contributed by atoms with Crippen molar-refractivity contribution >= 4 is 40.6 Å². The molecule has 92 valence electrons. The number of anilines is 1. The van der Waals surface area contributed by atoms with Crippen molar-refractivity contribution in [3.63, 3.8) is 0 Å². The average molecular weight is 272 g/mol. The van der Waals surface area contributed by atoms with Gasteiger partial charge in [-0.3, -0.25) is 4.79 Å². The molecule has 0 saturated heterocycles. The highest BCUT2D eigenvalue weighted by molar-refractivity contribution is 7.98. The Morgan fingerprint density at radius 2 is 2.29 bits per heavy atom. The number of hydrogen-bond donors (Lipinski definition) is 2. The zero-order chi connectivity index (χ0) is 12.8. The van der Waals surface area contributed by atoms with Crippen LogP contribution >= 0.6 is 24.0 Å². The first-order chi connectivity index (χ1) is 8.04. The molecular weight excluding hydrogens is 259 g/mol. The predicted octanol–water partition coefficient (Wildman–Crippen LogP) is 2.15. The second-order valence-electron chi connectivity index (χ2n) is 3.35. The van der Waals surface area contributed by atoms with Crippen LogP contribution in [0.1, 0.15) is 12.0 Å². The average Bonchev–Trinajstić information content (AvgIpc) is 2.28. The van der Waals surface area contributed by atoms with Crippen molar-refractivity contribution in [2.75, 3.05) is 17.3 Å². The molecule has 1 aromatic rings. The summed E-state index contributed by atoms with van der Waals surface area (Å²) in [5, 5.41) is 2.50. The Balaban J connectivity index is 2.72. The molecule has 6 heteroatoms. The third kappa shape index (κ3) is 4.32. The quantitative estimate of drug-likeness (QED) is 0.806. The number of hydrogen-bond acceptors (Lipinski definition) is 3. The molecule has 0 bridgehead atoms. The van der Waals surface area contributed by atoms with Gasteiger partial charge in [0, 0.05) is 17.7 Å². The van der Waals surface area contributed by atoms with E-state index in [1.54, 1.807) is 17.8 Å². The summed E-state index contributed by atoms with van der Waals surface area (Å²) in [6.07, 6.45) is 2.27. The number of carbonyl (C=O) groups excluding carboxylic acids is 1. The lowest BCUT2D eigenvalue weighted by molar-refractivity contribution is -0.115. The summed E-state index contributed by atoms with van der Waals surface area (Å²) in [5.41, 5.74) is 5.97. The molecule has 3 nitrogen and oxygen atoms in total. The van der Waals surface area contributed by atoms with E-state index in [0.29, 0.717) is 17.7 Å². The highest BCUT2D eigenvalue weighted by atomic mass is 32.2. The zero-order valence-electron chi connectivity index (χ0n) is 9.33. The van der Waals surface area contributed by atoms with Gasteiger partial charge in [-0.25, -0.2) is 4.39 Å². The number of rotatable bonds is 5. The van der Waals surface area contributed by atoms with Crippen LogP contribution in [0.25, 0.3) is 0 Å². The SMILES string of the molecule is CSCCC(=O)Nc1ccc(C(N)=S)cc1F. The zero-order valence-corrected chi connectivity index (χ0v) is 11.0. The number of thiocarbonyl (C=S) groups is 1. The molecule has 0 fully saturated rings. The molecular formula is C11H13FN2OS2. The Morgan fingerprint density at radius 1 is 1.59 bits per heavy atom. The van der Waals surface area contributed by atoms with E-state index < -0.39 is 5.82 Å². The standard InChI is InChI=1S/C11H13FN2OS2/c1-17-5-4-10(15)14-9-3-2-7(11(13)16)6-8(9)12/h2-3,6H,4-5H2,1H3,(H2,13,16)(H,14,15). The lowest BCUT2D eigenvalue weighted by Crippen LogP contribution is -2.14. The van der Waals surface area contributed by atoms with E-state index in [1.807, 2.05) is 6.26 Å². The summed E-state index contributed by atoms with van der Waals surface area (Å²) in [5.74, 6) is -0.0348. The van der Waals surface area contributed by atoms with Gasteiger partial charge in [0.2, 0.25) is 5.91 Å². The van der Waals surface area contributed by atoms with Crippen molar-refractivity contribution in [3.05, 3.63) is 29.6 Å². The van der Waals surface area contributed by atoms with Gasteiger partial charge in [-0.2, -0.15) is 11.8 Å². The highest BCUT2D eigenvalue weighted by Gasteiger charge is 2.08. The van der Waals surface area contributed by atoms with Crippen LogP contribution < -0.4 is 11.1 Å². The molecule has 0 heterocycles. The van der Waals surface area contributed by atoms with Crippen molar-refractivity contribution < 1.29 is 9.18 Å². The maximum absolute atomic E-state index is 13.6. The first-order valence-corrected chi connectivity index (χ1v) is 6.73. The molecule has 0 saturated carbocycles. The van der Waals surface area contributed by atoms with E-state index in [0.717, 1.165) is 0 Å².